The summed E-state index contributed by atoms with van der Waals surface area (Å²) in [6.45, 7) is 0. The Hall–Kier alpha value is -0.785. The maximum absolute atomic E-state index is 5.32. The van der Waals surface area contributed by atoms with Gasteiger partial charge in [0.2, 0.25) is 0 Å². The van der Waals surface area contributed by atoms with E-state index in [-0.39, 0.29) is 0 Å². The fourth-order valence-corrected chi connectivity index (χ4v) is 0.694. The molecule has 9 heavy (non-hydrogen) atoms. The third-order valence-electron chi connectivity index (χ3n) is 1.13. The van der Waals surface area contributed by atoms with Crippen LogP contribution in [0.5, 0.6) is 0 Å². The summed E-state index contributed by atoms with van der Waals surface area (Å²) >= 11 is 0. The van der Waals surface area contributed by atoms with Crippen molar-refractivity contribution in [1.29, 1.82) is 0 Å². The summed E-state index contributed by atoms with van der Waals surface area (Å²) in [5.41, 5.74) is 1.07. The summed E-state index contributed by atoms with van der Waals surface area (Å²) in [5.74, 6) is 0. The highest BCUT2D eigenvalue weighted by atomic mass is 14.7. The molecular formula is C7H8BN. The molecule has 0 saturated carbocycles. The molecule has 1 aromatic heterocycles. The molecule has 1 heterocycles. The average molecular weight is 117 g/mol. The Morgan fingerprint density at radius 2 is 2.33 bits per heavy atom. The monoisotopic (exact) mass is 117 g/mol. The van der Waals surface area contributed by atoms with E-state index in [1.165, 1.54) is 0 Å². The van der Waals surface area contributed by atoms with Crippen molar-refractivity contribution in [1.82, 2.24) is 4.98 Å². The lowest BCUT2D eigenvalue weighted by atomic mass is 10.0. The Kier molecular flexibility index (Phi) is 2.31. The van der Waals surface area contributed by atoms with E-state index >= 15 is 0 Å². The van der Waals surface area contributed by atoms with Crippen LogP contribution in [-0.2, 0) is 6.42 Å². The van der Waals surface area contributed by atoms with E-state index in [4.69, 9.17) is 7.85 Å². The molecule has 1 aromatic rings. The van der Waals surface area contributed by atoms with Crippen LogP contribution in [-0.4, -0.2) is 12.8 Å². The molecule has 0 aliphatic heterocycles. The van der Waals surface area contributed by atoms with Crippen LogP contribution >= 0.6 is 0 Å². The molecule has 0 fully saturated rings. The number of rotatable bonds is 2. The molecule has 2 heteroatoms. The molecule has 0 atom stereocenters. The molecule has 0 unspecified atom stereocenters. The van der Waals surface area contributed by atoms with Crippen molar-refractivity contribution in [3.63, 3.8) is 0 Å². The van der Waals surface area contributed by atoms with Gasteiger partial charge in [-0.25, -0.2) is 0 Å². The number of pyridine rings is 1. The number of hydrogen-bond acceptors (Lipinski definition) is 1. The molecule has 0 N–H and O–H groups in total. The summed E-state index contributed by atoms with van der Waals surface area (Å²) in [6, 6.07) is 5.85. The lowest BCUT2D eigenvalue weighted by Crippen LogP contribution is -1.86. The molecule has 1 rings (SSSR count). The molecular weight excluding hydrogens is 109 g/mol. The van der Waals surface area contributed by atoms with Gasteiger partial charge in [0.05, 0.1) is 7.85 Å². The molecule has 0 spiro atoms. The van der Waals surface area contributed by atoms with Gasteiger partial charge in [-0.05, 0) is 18.6 Å². The predicted octanol–water partition coefficient (Wildman–Crippen LogP) is 1.21. The normalized spacial score (nSPS) is 9.33. The van der Waals surface area contributed by atoms with Gasteiger partial charge >= 0.3 is 0 Å². The van der Waals surface area contributed by atoms with Crippen LogP contribution in [0.3, 0.4) is 0 Å². The average Bonchev–Trinajstić information content (AvgIpc) is 1.91. The maximum atomic E-state index is 5.32. The fraction of sp³-hybridized carbons (Fsp3) is 0.286. The first kappa shape index (κ1) is 6.34. The van der Waals surface area contributed by atoms with Crippen LogP contribution in [0.2, 0.25) is 6.32 Å². The van der Waals surface area contributed by atoms with Crippen LogP contribution < -0.4 is 0 Å². The van der Waals surface area contributed by atoms with Gasteiger partial charge < -0.3 is 0 Å². The smallest absolute Gasteiger partial charge is 0.0658 e. The van der Waals surface area contributed by atoms with Crippen molar-refractivity contribution < 1.29 is 0 Å². The Balaban J connectivity index is 2.61. The third kappa shape index (κ3) is 1.88. The van der Waals surface area contributed by atoms with Crippen LogP contribution in [0.15, 0.2) is 24.4 Å². The van der Waals surface area contributed by atoms with Crippen LogP contribution in [0.4, 0.5) is 0 Å². The van der Waals surface area contributed by atoms with Crippen molar-refractivity contribution in [2.75, 3.05) is 0 Å². The highest BCUT2D eigenvalue weighted by Crippen LogP contribution is 1.95. The van der Waals surface area contributed by atoms with Crippen molar-refractivity contribution in [2.45, 2.75) is 12.7 Å². The molecule has 0 aliphatic carbocycles. The van der Waals surface area contributed by atoms with E-state index in [0.29, 0.717) is 6.32 Å². The first-order chi connectivity index (χ1) is 4.43. The number of aryl methyl sites for hydroxylation is 1. The van der Waals surface area contributed by atoms with Crippen molar-refractivity contribution in [2.24, 2.45) is 0 Å². The highest BCUT2D eigenvalue weighted by molar-refractivity contribution is 6.08. The first-order valence-electron chi connectivity index (χ1n) is 3.03. The molecule has 0 bridgehead atoms. The Morgan fingerprint density at radius 1 is 1.44 bits per heavy atom. The largest absolute Gasteiger partial charge is 0.261 e. The maximum Gasteiger partial charge on any atom is 0.0658 e. The second kappa shape index (κ2) is 3.28. The highest BCUT2D eigenvalue weighted by Gasteiger charge is 1.86. The Bertz CT molecular complexity index is 162. The van der Waals surface area contributed by atoms with Gasteiger partial charge in [-0.3, -0.25) is 4.98 Å². The second-order valence-corrected chi connectivity index (χ2v) is 1.86. The summed E-state index contributed by atoms with van der Waals surface area (Å²) < 4.78 is 0. The molecule has 2 radical (unpaired) electrons. The van der Waals surface area contributed by atoms with Crippen molar-refractivity contribution >= 4 is 7.85 Å². The SMILES string of the molecule is [B]CCc1ccccn1. The van der Waals surface area contributed by atoms with E-state index in [9.17, 15) is 0 Å². The zero-order valence-corrected chi connectivity index (χ0v) is 5.25. The number of aromatic nitrogens is 1. The number of nitrogens with zero attached hydrogens (tertiary/aromatic N) is 1. The minimum Gasteiger partial charge on any atom is -0.261 e. The third-order valence-corrected chi connectivity index (χ3v) is 1.13. The lowest BCUT2D eigenvalue weighted by molar-refractivity contribution is 1.03. The topological polar surface area (TPSA) is 12.9 Å². The molecule has 0 saturated heterocycles. The van der Waals surface area contributed by atoms with Gasteiger partial charge in [0.15, 0.2) is 0 Å². The van der Waals surface area contributed by atoms with Crippen LogP contribution in [0.1, 0.15) is 5.69 Å². The standard InChI is InChI=1S/C7H8BN/c8-5-4-7-3-1-2-6-9-7/h1-3,6H,4-5H2. The zero-order valence-electron chi connectivity index (χ0n) is 5.25. The first-order valence-corrected chi connectivity index (χ1v) is 3.03. The van der Waals surface area contributed by atoms with Crippen molar-refractivity contribution in [3.05, 3.63) is 30.1 Å². The second-order valence-electron chi connectivity index (χ2n) is 1.86. The van der Waals surface area contributed by atoms with E-state index in [0.717, 1.165) is 12.1 Å². The fourth-order valence-electron chi connectivity index (χ4n) is 0.694. The molecule has 1 nitrogen and oxygen atoms in total. The predicted molar refractivity (Wildman–Crippen MR) is 38.5 cm³/mol. The molecule has 0 amide bonds. The van der Waals surface area contributed by atoms with Gasteiger partial charge in [-0.15, -0.1) is 0 Å². The Labute approximate surface area is 56.5 Å². The lowest BCUT2D eigenvalue weighted by Gasteiger charge is -1.92. The molecule has 44 valence electrons. The summed E-state index contributed by atoms with van der Waals surface area (Å²) in [4.78, 5) is 4.09. The van der Waals surface area contributed by atoms with E-state index in [1.807, 2.05) is 18.2 Å². The Morgan fingerprint density at radius 3 is 2.89 bits per heavy atom. The van der Waals surface area contributed by atoms with Gasteiger partial charge in [-0.2, -0.15) is 0 Å². The molecule has 0 aromatic carbocycles. The summed E-state index contributed by atoms with van der Waals surface area (Å²) in [5, 5.41) is 0. The minimum absolute atomic E-state index is 0.678. The quantitative estimate of drug-likeness (QED) is 0.530. The van der Waals surface area contributed by atoms with E-state index in [2.05, 4.69) is 4.98 Å². The summed E-state index contributed by atoms with van der Waals surface area (Å²) in [7, 11) is 5.32. The van der Waals surface area contributed by atoms with Gasteiger partial charge in [0, 0.05) is 11.9 Å². The van der Waals surface area contributed by atoms with Crippen LogP contribution in [0.25, 0.3) is 0 Å². The van der Waals surface area contributed by atoms with Gasteiger partial charge in [0.25, 0.3) is 0 Å². The number of hydrogen-bond donors (Lipinski definition) is 0. The minimum atomic E-state index is 0.678. The summed E-state index contributed by atoms with van der Waals surface area (Å²) in [6.07, 6.45) is 3.34. The van der Waals surface area contributed by atoms with E-state index in [1.54, 1.807) is 6.20 Å². The zero-order chi connectivity index (χ0) is 6.53. The van der Waals surface area contributed by atoms with Gasteiger partial charge in [0.1, 0.15) is 0 Å². The van der Waals surface area contributed by atoms with E-state index < -0.39 is 0 Å². The van der Waals surface area contributed by atoms with Gasteiger partial charge in [-0.1, -0.05) is 12.4 Å². The van der Waals surface area contributed by atoms with Crippen LogP contribution in [0, 0.1) is 0 Å². The van der Waals surface area contributed by atoms with Crippen molar-refractivity contribution in [3.8, 4) is 0 Å². The molecule has 0 aliphatic rings.